The first kappa shape index (κ1) is 8.34. The second-order valence-electron chi connectivity index (χ2n) is 2.14. The molecule has 0 saturated carbocycles. The van der Waals surface area contributed by atoms with Crippen LogP contribution in [0.2, 0.25) is 0 Å². The summed E-state index contributed by atoms with van der Waals surface area (Å²) in [5, 5.41) is 0. The molecule has 0 amide bonds. The van der Waals surface area contributed by atoms with Gasteiger partial charge in [0.2, 0.25) is 0 Å². The van der Waals surface area contributed by atoms with E-state index < -0.39 is 0 Å². The van der Waals surface area contributed by atoms with Crippen LogP contribution in [0.25, 0.3) is 0 Å². The van der Waals surface area contributed by atoms with Gasteiger partial charge in [0.05, 0.1) is 0 Å². The average Bonchev–Trinajstić information content (AvgIpc) is 1.87. The van der Waals surface area contributed by atoms with Crippen molar-refractivity contribution in [2.75, 3.05) is 6.67 Å². The fourth-order valence-electron chi connectivity index (χ4n) is 0.293. The lowest BCUT2D eigenvalue weighted by molar-refractivity contribution is 0.407. The summed E-state index contributed by atoms with van der Waals surface area (Å²) >= 11 is 1.60. The van der Waals surface area contributed by atoms with Crippen molar-refractivity contribution in [3.8, 4) is 0 Å². The van der Waals surface area contributed by atoms with Gasteiger partial charge in [-0.15, -0.1) is 0 Å². The fourth-order valence-corrected chi connectivity index (χ4v) is 0.691. The zero-order chi connectivity index (χ0) is 6.62. The van der Waals surface area contributed by atoms with Gasteiger partial charge in [0.1, 0.15) is 6.67 Å². The summed E-state index contributed by atoms with van der Waals surface area (Å²) in [5.41, 5.74) is 0. The lowest BCUT2D eigenvalue weighted by atomic mass is 10.1. The van der Waals surface area contributed by atoms with E-state index >= 15 is 0 Å². The molecule has 0 heterocycles. The molecule has 0 spiro atoms. The van der Waals surface area contributed by atoms with Gasteiger partial charge in [0, 0.05) is 4.75 Å². The second-order valence-corrected chi connectivity index (χ2v) is 3.54. The molecule has 0 fully saturated rings. The summed E-state index contributed by atoms with van der Waals surface area (Å²) in [5.74, 6) is 0. The zero-order valence-corrected chi connectivity index (χ0v) is 6.52. The Morgan fingerprint density at radius 3 is 2.25 bits per heavy atom. The number of alkyl halides is 1. The van der Waals surface area contributed by atoms with E-state index in [1.807, 2.05) is 21.0 Å². The molecule has 8 heavy (non-hydrogen) atoms. The number of halogens is 1. The topological polar surface area (TPSA) is 0 Å². The summed E-state index contributed by atoms with van der Waals surface area (Å²) in [6.07, 6.45) is 0.907. The monoisotopic (exact) mass is 134 g/mol. The third-order valence-electron chi connectivity index (χ3n) is 1.52. The molecule has 0 aromatic heterocycles. The Morgan fingerprint density at radius 1 is 1.75 bits per heavy atom. The van der Waals surface area contributed by atoms with E-state index in [4.69, 9.17) is 0 Å². The number of rotatable bonds is 3. The minimum atomic E-state index is -0.218. The van der Waals surface area contributed by atoms with Crippen molar-refractivity contribution >= 4 is 18.7 Å². The Hall–Kier alpha value is 0.345. The molecule has 0 aromatic carbocycles. The van der Waals surface area contributed by atoms with E-state index in [0.717, 1.165) is 6.42 Å². The van der Waals surface area contributed by atoms with Gasteiger partial charge in [0.15, 0.2) is 7.12 Å². The zero-order valence-electron chi connectivity index (χ0n) is 5.70. The Kier molecular flexibility index (Phi) is 3.53. The Bertz CT molecular complexity index is 55.2. The van der Waals surface area contributed by atoms with Gasteiger partial charge in [-0.3, -0.25) is 0 Å². The maximum absolute atomic E-state index is 12.0. The van der Waals surface area contributed by atoms with Crippen molar-refractivity contribution in [3.63, 3.8) is 0 Å². The molecule has 0 saturated heterocycles. The highest BCUT2D eigenvalue weighted by molar-refractivity contribution is 8.20. The van der Waals surface area contributed by atoms with Crippen LogP contribution < -0.4 is 0 Å². The molecule has 0 aromatic rings. The molecule has 0 bridgehead atoms. The largest absolute Gasteiger partial charge is 0.250 e. The van der Waals surface area contributed by atoms with Gasteiger partial charge in [-0.2, -0.15) is 0 Å². The highest BCUT2D eigenvalue weighted by Crippen LogP contribution is 2.24. The van der Waals surface area contributed by atoms with Crippen molar-refractivity contribution in [1.82, 2.24) is 0 Å². The quantitative estimate of drug-likeness (QED) is 0.526. The van der Waals surface area contributed by atoms with Gasteiger partial charge in [-0.1, -0.05) is 6.92 Å². The van der Waals surface area contributed by atoms with Crippen LogP contribution in [0.5, 0.6) is 0 Å². The van der Waals surface area contributed by atoms with E-state index in [-0.39, 0.29) is 11.4 Å². The predicted octanol–water partition coefficient (Wildman–Crippen LogP) is 1.41. The van der Waals surface area contributed by atoms with E-state index in [9.17, 15) is 4.39 Å². The minimum Gasteiger partial charge on any atom is -0.250 e. The molecule has 0 N–H and O–H groups in total. The molecule has 1 unspecified atom stereocenters. The van der Waals surface area contributed by atoms with Crippen LogP contribution in [0, 0.1) is 0 Å². The van der Waals surface area contributed by atoms with Crippen LogP contribution in [0.3, 0.4) is 0 Å². The van der Waals surface area contributed by atoms with E-state index in [0.29, 0.717) is 0 Å². The first-order chi connectivity index (χ1) is 3.68. The Labute approximate surface area is 55.5 Å². The van der Waals surface area contributed by atoms with E-state index in [2.05, 4.69) is 0 Å². The van der Waals surface area contributed by atoms with Gasteiger partial charge < -0.3 is 0 Å². The molecular formula is C5H12BFS. The summed E-state index contributed by atoms with van der Waals surface area (Å²) in [6, 6.07) is 0. The first-order valence-electron chi connectivity index (χ1n) is 2.79. The Morgan fingerprint density at radius 2 is 2.25 bits per heavy atom. The molecule has 0 aliphatic carbocycles. The van der Waals surface area contributed by atoms with Crippen LogP contribution in [0.15, 0.2) is 0 Å². The minimum absolute atomic E-state index is 0.125. The van der Waals surface area contributed by atoms with E-state index in [1.54, 1.807) is 11.6 Å². The van der Waals surface area contributed by atoms with Crippen LogP contribution in [-0.4, -0.2) is 18.5 Å². The van der Waals surface area contributed by atoms with Gasteiger partial charge in [-0.25, -0.2) is 16.0 Å². The van der Waals surface area contributed by atoms with Crippen molar-refractivity contribution in [1.29, 1.82) is 0 Å². The molecule has 1 atom stereocenters. The van der Waals surface area contributed by atoms with Crippen molar-refractivity contribution in [2.24, 2.45) is 0 Å². The SMILES string of the molecule is BSC(C)(CC)CF. The lowest BCUT2D eigenvalue weighted by Gasteiger charge is -2.21. The highest BCUT2D eigenvalue weighted by Gasteiger charge is 2.18. The summed E-state index contributed by atoms with van der Waals surface area (Å²) in [6.45, 7) is 3.73. The molecular weight excluding hydrogens is 122 g/mol. The molecule has 0 nitrogen and oxygen atoms in total. The van der Waals surface area contributed by atoms with Gasteiger partial charge in [-0.05, 0) is 13.3 Å². The molecule has 3 heteroatoms. The predicted molar refractivity (Wildman–Crippen MR) is 40.8 cm³/mol. The van der Waals surface area contributed by atoms with Crippen molar-refractivity contribution < 1.29 is 4.39 Å². The molecule has 48 valence electrons. The van der Waals surface area contributed by atoms with E-state index in [1.165, 1.54) is 0 Å². The van der Waals surface area contributed by atoms with Crippen LogP contribution in [-0.2, 0) is 0 Å². The summed E-state index contributed by atoms with van der Waals surface area (Å²) in [7, 11) is 1.95. The van der Waals surface area contributed by atoms with Gasteiger partial charge >= 0.3 is 0 Å². The Balaban J connectivity index is 3.58. The third kappa shape index (κ3) is 2.08. The third-order valence-corrected chi connectivity index (χ3v) is 2.91. The average molecular weight is 134 g/mol. The fraction of sp³-hybridized carbons (Fsp3) is 1.00. The summed E-state index contributed by atoms with van der Waals surface area (Å²) < 4.78 is 11.9. The maximum Gasteiger partial charge on any atom is 0.174 e. The van der Waals surface area contributed by atoms with Crippen LogP contribution >= 0.6 is 11.6 Å². The van der Waals surface area contributed by atoms with Gasteiger partial charge in [0.25, 0.3) is 0 Å². The molecule has 0 rings (SSSR count). The van der Waals surface area contributed by atoms with Crippen molar-refractivity contribution in [2.45, 2.75) is 25.0 Å². The summed E-state index contributed by atoms with van der Waals surface area (Å²) in [4.78, 5) is 0. The standard InChI is InChI=1S/C5H12BFS/c1-3-5(2,4-7)8-6/h3-4,6H2,1-2H3. The molecule has 0 aliphatic rings. The maximum atomic E-state index is 12.0. The first-order valence-corrected chi connectivity index (χ1v) is 4.02. The normalized spacial score (nSPS) is 17.9. The number of hydrogen-bond donors (Lipinski definition) is 0. The second kappa shape index (κ2) is 3.39. The molecule has 0 aliphatic heterocycles. The van der Waals surface area contributed by atoms with Crippen molar-refractivity contribution in [3.05, 3.63) is 0 Å². The smallest absolute Gasteiger partial charge is 0.174 e. The van der Waals surface area contributed by atoms with Crippen LogP contribution in [0.1, 0.15) is 20.3 Å². The number of hydrogen-bond acceptors (Lipinski definition) is 1. The highest BCUT2D eigenvalue weighted by atomic mass is 32.2. The lowest BCUT2D eigenvalue weighted by Crippen LogP contribution is -2.20. The van der Waals surface area contributed by atoms with Crippen LogP contribution in [0.4, 0.5) is 4.39 Å². The molecule has 0 radical (unpaired) electrons.